The minimum absolute atomic E-state index is 0.239. The molecule has 0 aliphatic rings. The Bertz CT molecular complexity index is 3710. The van der Waals surface area contributed by atoms with Gasteiger partial charge in [0.2, 0.25) is 0 Å². The molecule has 9 aromatic carbocycles. The molecule has 9 aromatic rings. The molecule has 0 atom stereocenters. The highest BCUT2D eigenvalue weighted by Gasteiger charge is 2.26. The lowest BCUT2D eigenvalue weighted by molar-refractivity contribution is 0.0953. The van der Waals surface area contributed by atoms with E-state index in [1.54, 1.807) is 9.96 Å². The lowest BCUT2D eigenvalue weighted by Gasteiger charge is -2.24. The van der Waals surface area contributed by atoms with Gasteiger partial charge in [0.1, 0.15) is 18.0 Å². The second-order valence-corrected chi connectivity index (χ2v) is 19.3. The second kappa shape index (κ2) is 25.6. The van der Waals surface area contributed by atoms with Gasteiger partial charge in [-0.25, -0.2) is 0 Å². The van der Waals surface area contributed by atoms with E-state index in [-0.39, 0.29) is 12.5 Å². The van der Waals surface area contributed by atoms with Crippen LogP contribution in [-0.2, 0) is 11.4 Å². The van der Waals surface area contributed by atoms with Crippen molar-refractivity contribution in [3.63, 3.8) is 0 Å². The molecule has 0 radical (unpaired) electrons. The average molecular weight is 1070 g/mol. The summed E-state index contributed by atoms with van der Waals surface area (Å²) in [6.45, 7) is 13.8. The van der Waals surface area contributed by atoms with E-state index in [2.05, 4.69) is 70.9 Å². The van der Waals surface area contributed by atoms with Gasteiger partial charge in [0, 0.05) is 29.4 Å². The molecule has 0 saturated heterocycles. The number of carbonyl (C=O) groups is 1. The highest BCUT2D eigenvalue weighted by atomic mass is 35.5. The largest absolute Gasteiger partial charge is 0.491 e. The molecule has 1 amide bonds. The van der Waals surface area contributed by atoms with Gasteiger partial charge in [-0.1, -0.05) is 157 Å². The Morgan fingerprint density at radius 1 is 0.500 bits per heavy atom. The van der Waals surface area contributed by atoms with Crippen LogP contribution in [0.2, 0.25) is 10.0 Å². The van der Waals surface area contributed by atoms with E-state index in [1.165, 1.54) is 0 Å². The Kier molecular flexibility index (Phi) is 17.9. The van der Waals surface area contributed by atoms with Gasteiger partial charge >= 0.3 is 0 Å². The molecule has 0 N–H and O–H groups in total. The lowest BCUT2D eigenvalue weighted by atomic mass is 10.0. The number of hydrogen-bond acceptors (Lipinski definition) is 9. The number of aryl methyl sites for hydroxylation is 2. The van der Waals surface area contributed by atoms with Crippen molar-refractivity contribution in [3.8, 4) is 11.5 Å². The minimum atomic E-state index is -0.239. The Hall–Kier alpha value is -8.41. The number of hydrogen-bond donors (Lipinski definition) is 0. The predicted molar refractivity (Wildman–Crippen MR) is 323 cm³/mol. The Morgan fingerprint density at radius 3 is 1.42 bits per heavy atom. The Labute approximate surface area is 466 Å². The maximum Gasteiger partial charge on any atom is 0.262 e. The molecule has 0 bridgehead atoms. The van der Waals surface area contributed by atoms with Crippen LogP contribution in [0.3, 0.4) is 0 Å². The van der Waals surface area contributed by atoms with Gasteiger partial charge in [0.25, 0.3) is 5.91 Å². The van der Waals surface area contributed by atoms with E-state index in [0.717, 1.165) is 66.2 Å². The van der Waals surface area contributed by atoms with Crippen molar-refractivity contribution in [2.75, 3.05) is 36.3 Å². The van der Waals surface area contributed by atoms with Crippen LogP contribution in [0.5, 0.6) is 11.5 Å². The fraction of sp³-hybridized carbons (Fsp3) is 0.167. The number of carbonyl (C=O) groups excluding carboxylic acids is 1. The van der Waals surface area contributed by atoms with Crippen LogP contribution >= 0.6 is 23.2 Å². The van der Waals surface area contributed by atoms with E-state index >= 15 is 0 Å². The van der Waals surface area contributed by atoms with Crippen LogP contribution in [-0.4, -0.2) is 32.2 Å². The van der Waals surface area contributed by atoms with Crippen LogP contribution in [0.15, 0.2) is 190 Å². The normalized spacial score (nSPS) is 11.7. The number of rotatable bonds is 20. The van der Waals surface area contributed by atoms with Crippen molar-refractivity contribution < 1.29 is 19.1 Å². The number of nitrogens with zero attached hydrogens (tertiary/aromatic N) is 6. The van der Waals surface area contributed by atoms with Crippen LogP contribution < -0.4 is 19.4 Å². The number of halogens is 2. The fourth-order valence-corrected chi connectivity index (χ4v) is 9.72. The van der Waals surface area contributed by atoms with Crippen LogP contribution in [0.25, 0.3) is 45.8 Å². The predicted octanol–water partition coefficient (Wildman–Crippen LogP) is 19.5. The number of ether oxygens (including phenoxy) is 2. The molecule has 12 heteroatoms. The van der Waals surface area contributed by atoms with Crippen molar-refractivity contribution in [3.05, 3.63) is 224 Å². The zero-order valence-corrected chi connectivity index (χ0v) is 46.1. The summed E-state index contributed by atoms with van der Waals surface area (Å²) in [6.07, 6.45) is 8.32. The molecule has 0 spiro atoms. The number of amides is 1. The monoisotopic (exact) mass is 1070 g/mol. The molecule has 0 aliphatic heterocycles. The first-order chi connectivity index (χ1) is 38.0. The molecule has 0 aliphatic carbocycles. The van der Waals surface area contributed by atoms with Gasteiger partial charge in [-0.2, -0.15) is 10.2 Å². The third kappa shape index (κ3) is 12.9. The molecule has 392 valence electrons. The molecular formula is C66H60Cl2N6O4. The molecule has 78 heavy (non-hydrogen) atoms. The second-order valence-electron chi connectivity index (χ2n) is 18.5. The summed E-state index contributed by atoms with van der Waals surface area (Å²) in [7, 11) is 0. The lowest BCUT2D eigenvalue weighted by Crippen LogP contribution is -2.31. The first kappa shape index (κ1) is 54.4. The highest BCUT2D eigenvalue weighted by molar-refractivity contribution is 6.34. The van der Waals surface area contributed by atoms with E-state index in [4.69, 9.17) is 47.7 Å². The maximum absolute atomic E-state index is 14.3. The first-order valence-corrected chi connectivity index (χ1v) is 26.9. The summed E-state index contributed by atoms with van der Waals surface area (Å²) in [5.74, 6) is 0.767. The number of hydroxylamine groups is 1. The summed E-state index contributed by atoms with van der Waals surface area (Å²) < 4.78 is 12.5. The van der Waals surface area contributed by atoms with E-state index in [1.807, 2.05) is 175 Å². The van der Waals surface area contributed by atoms with Crippen LogP contribution in [0.4, 0.5) is 34.1 Å². The van der Waals surface area contributed by atoms with Crippen molar-refractivity contribution in [2.45, 2.75) is 48.1 Å². The van der Waals surface area contributed by atoms with Crippen molar-refractivity contribution in [1.82, 2.24) is 0 Å². The van der Waals surface area contributed by atoms with Crippen LogP contribution in [0, 0.1) is 13.8 Å². The number of fused-ring (bicyclic) bond motifs is 2. The van der Waals surface area contributed by atoms with Gasteiger partial charge in [-0.15, -0.1) is 10.2 Å². The van der Waals surface area contributed by atoms with Gasteiger partial charge in [0.05, 0.1) is 51.6 Å². The maximum atomic E-state index is 14.3. The highest BCUT2D eigenvalue weighted by Crippen LogP contribution is 2.43. The quantitative estimate of drug-likeness (QED) is 0.0430. The SMILES string of the molecule is CCOc1c(CON(CC)c2ccc(C)cc2Cl)cc2ccccc2c1N=Nc1ccc(C=Cc2ccc(C=Cc3ccc(N=Nc4c(OCC)c(C(=O)N(CC)c5ccc(C)cc5Cl)cc5ccccc45)cc3)cc2)cc1. The molecule has 0 aromatic heterocycles. The third-order valence-corrected chi connectivity index (χ3v) is 13.6. The number of benzene rings is 9. The molecular weight excluding hydrogens is 1010 g/mol. The summed E-state index contributed by atoms with van der Waals surface area (Å²) in [4.78, 5) is 22.4. The average Bonchev–Trinajstić information content (AvgIpc) is 3.49. The standard InChI is InChI=1S/C66H60Cl2N6O4/c1-7-73(60-37-19-44(5)39-58(60)67)66(75)57-42-51-16-12-14-18-56(51)63(65(57)77-10-4)72-70-54-35-31-49(32-36-54)28-26-47-23-21-46(22-24-47)25-27-48-29-33-53(34-30-48)69-71-62-55-17-13-11-15-50(55)41-52(64(62)76-9-3)43-78-74(8-2)61-38-20-45(6)40-59(61)68/h11-42H,7-10,43H2,1-6H3. The molecule has 0 saturated carbocycles. The topological polar surface area (TPSA) is 101 Å². The summed E-state index contributed by atoms with van der Waals surface area (Å²) in [5, 5.41) is 25.4. The summed E-state index contributed by atoms with van der Waals surface area (Å²) >= 11 is 13.3. The zero-order chi connectivity index (χ0) is 54.5. The van der Waals surface area contributed by atoms with E-state index < -0.39 is 0 Å². The van der Waals surface area contributed by atoms with Crippen molar-refractivity contribution in [2.24, 2.45) is 20.5 Å². The van der Waals surface area contributed by atoms with Gasteiger partial charge in [-0.05, 0) is 146 Å². The summed E-state index contributed by atoms with van der Waals surface area (Å²) in [5.41, 5.74) is 11.5. The molecule has 0 heterocycles. The molecule has 0 unspecified atom stereocenters. The fourth-order valence-electron chi connectivity index (χ4n) is 9.05. The summed E-state index contributed by atoms with van der Waals surface area (Å²) in [6, 6.07) is 55.7. The van der Waals surface area contributed by atoms with E-state index in [9.17, 15) is 4.79 Å². The first-order valence-electron chi connectivity index (χ1n) is 26.1. The smallest absolute Gasteiger partial charge is 0.262 e. The van der Waals surface area contributed by atoms with Crippen LogP contribution in [0.1, 0.15) is 77.0 Å². The Balaban J connectivity index is 0.850. The van der Waals surface area contributed by atoms with Gasteiger partial charge in [-0.3, -0.25) is 14.7 Å². The minimum Gasteiger partial charge on any atom is -0.491 e. The Morgan fingerprint density at radius 2 is 0.949 bits per heavy atom. The zero-order valence-electron chi connectivity index (χ0n) is 44.6. The molecule has 9 rings (SSSR count). The van der Waals surface area contributed by atoms with Crippen molar-refractivity contribution >= 4 is 109 Å². The van der Waals surface area contributed by atoms with Crippen molar-refractivity contribution in [1.29, 1.82) is 0 Å². The van der Waals surface area contributed by atoms with E-state index in [0.29, 0.717) is 81.8 Å². The number of anilines is 2. The third-order valence-electron chi connectivity index (χ3n) is 13.0. The van der Waals surface area contributed by atoms with Gasteiger partial charge < -0.3 is 14.4 Å². The number of azo groups is 2. The molecule has 0 fully saturated rings. The molecule has 10 nitrogen and oxygen atoms in total. The van der Waals surface area contributed by atoms with Gasteiger partial charge in [0.15, 0.2) is 11.5 Å².